The van der Waals surface area contributed by atoms with Crippen molar-refractivity contribution in [1.29, 1.82) is 0 Å². The summed E-state index contributed by atoms with van der Waals surface area (Å²) in [5.74, 6) is -4.19. The molecule has 0 saturated carbocycles. The number of nitrogens with zero attached hydrogens (tertiary/aromatic N) is 1. The molecule has 0 saturated heterocycles. The lowest BCUT2D eigenvalue weighted by atomic mass is 9.95. The molecule has 146 valence electrons. The Balaban J connectivity index is 1.93. The van der Waals surface area contributed by atoms with E-state index >= 15 is 0 Å². The van der Waals surface area contributed by atoms with Crippen LogP contribution in [0.4, 0.5) is 18.9 Å². The van der Waals surface area contributed by atoms with E-state index in [1.54, 1.807) is 30.3 Å². The van der Waals surface area contributed by atoms with Crippen LogP contribution in [-0.2, 0) is 4.79 Å². The highest BCUT2D eigenvalue weighted by Crippen LogP contribution is 2.37. The van der Waals surface area contributed by atoms with E-state index in [-0.39, 0.29) is 0 Å². The van der Waals surface area contributed by atoms with E-state index in [9.17, 15) is 22.8 Å². The van der Waals surface area contributed by atoms with Gasteiger partial charge in [0.1, 0.15) is 29.6 Å². The fourth-order valence-electron chi connectivity index (χ4n) is 3.51. The minimum atomic E-state index is -1.04. The average Bonchev–Trinajstić information content (AvgIpc) is 2.84. The molecule has 1 atom stereocenters. The predicted molar refractivity (Wildman–Crippen MR) is 101 cm³/mol. The van der Waals surface area contributed by atoms with Gasteiger partial charge in [0, 0.05) is 11.3 Å². The highest BCUT2D eigenvalue weighted by molar-refractivity contribution is 6.01. The van der Waals surface area contributed by atoms with Crippen LogP contribution < -0.4 is 5.32 Å². The number of anilines is 1. The zero-order valence-corrected chi connectivity index (χ0v) is 15.0. The second-order valence-corrected chi connectivity index (χ2v) is 6.62. The van der Waals surface area contributed by atoms with Crippen LogP contribution in [0.3, 0.4) is 0 Å². The molecule has 0 aliphatic carbocycles. The fourth-order valence-corrected chi connectivity index (χ4v) is 3.51. The smallest absolute Gasteiger partial charge is 0.261 e. The first-order valence-electron chi connectivity index (χ1n) is 8.85. The molecular formula is C22H15F3N2O2. The molecule has 0 spiro atoms. The second kappa shape index (κ2) is 7.43. The number of rotatable bonds is 2. The Morgan fingerprint density at radius 3 is 2.31 bits per heavy atom. The van der Waals surface area contributed by atoms with Gasteiger partial charge in [0.15, 0.2) is 0 Å². The summed E-state index contributed by atoms with van der Waals surface area (Å²) in [5.41, 5.74) is 0.448. The number of benzene rings is 3. The van der Waals surface area contributed by atoms with Gasteiger partial charge in [-0.05, 0) is 35.9 Å². The van der Waals surface area contributed by atoms with Gasteiger partial charge in [-0.3, -0.25) is 9.59 Å². The normalized spacial score (nSPS) is 16.0. The summed E-state index contributed by atoms with van der Waals surface area (Å²) >= 11 is 0. The summed E-state index contributed by atoms with van der Waals surface area (Å²) in [6.45, 7) is -0.456. The highest BCUT2D eigenvalue weighted by Gasteiger charge is 2.36. The molecule has 0 bridgehead atoms. The van der Waals surface area contributed by atoms with Gasteiger partial charge in [-0.2, -0.15) is 0 Å². The zero-order valence-electron chi connectivity index (χ0n) is 15.0. The molecule has 3 aromatic rings. The predicted octanol–water partition coefficient (Wildman–Crippen LogP) is 4.29. The Bertz CT molecular complexity index is 1080. The maximum absolute atomic E-state index is 14.3. The van der Waals surface area contributed by atoms with Crippen molar-refractivity contribution in [3.8, 4) is 0 Å². The van der Waals surface area contributed by atoms with Crippen LogP contribution in [0, 0.1) is 17.5 Å². The maximum atomic E-state index is 14.3. The molecule has 0 radical (unpaired) electrons. The van der Waals surface area contributed by atoms with Gasteiger partial charge >= 0.3 is 0 Å². The van der Waals surface area contributed by atoms with Crippen LogP contribution in [0.1, 0.15) is 27.5 Å². The van der Waals surface area contributed by atoms with E-state index in [4.69, 9.17) is 0 Å². The topological polar surface area (TPSA) is 49.4 Å². The molecule has 4 nitrogen and oxygen atoms in total. The Hall–Kier alpha value is -3.61. The summed E-state index contributed by atoms with van der Waals surface area (Å²) in [6, 6.07) is 14.6. The number of carbonyl (C=O) groups is 2. The van der Waals surface area contributed by atoms with Crippen LogP contribution in [-0.4, -0.2) is 23.3 Å². The number of carbonyl (C=O) groups excluding carboxylic acids is 2. The maximum Gasteiger partial charge on any atom is 0.261 e. The van der Waals surface area contributed by atoms with E-state index < -0.39 is 47.4 Å². The number of hydrogen-bond acceptors (Lipinski definition) is 2. The first-order valence-corrected chi connectivity index (χ1v) is 8.85. The Labute approximate surface area is 164 Å². The third kappa shape index (κ3) is 3.47. The van der Waals surface area contributed by atoms with Crippen molar-refractivity contribution >= 4 is 17.5 Å². The molecular weight excluding hydrogens is 381 g/mol. The molecule has 3 aromatic carbocycles. The molecule has 0 fully saturated rings. The van der Waals surface area contributed by atoms with Crippen LogP contribution in [0.25, 0.3) is 0 Å². The second-order valence-electron chi connectivity index (χ2n) is 6.62. The molecule has 2 amide bonds. The zero-order chi connectivity index (χ0) is 20.5. The van der Waals surface area contributed by atoms with E-state index in [0.29, 0.717) is 16.8 Å². The molecule has 1 heterocycles. The van der Waals surface area contributed by atoms with Gasteiger partial charge in [0.2, 0.25) is 5.91 Å². The number of amides is 2. The van der Waals surface area contributed by atoms with Crippen molar-refractivity contribution in [2.75, 3.05) is 11.9 Å². The number of fused-ring (bicyclic) bond motifs is 1. The molecule has 1 unspecified atom stereocenters. The summed E-state index contributed by atoms with van der Waals surface area (Å²) in [6.07, 6.45) is 0. The summed E-state index contributed by atoms with van der Waals surface area (Å²) in [5, 5.41) is 2.63. The summed E-state index contributed by atoms with van der Waals surface area (Å²) < 4.78 is 42.6. The molecule has 1 aliphatic rings. The lowest BCUT2D eigenvalue weighted by Gasteiger charge is -2.30. The van der Waals surface area contributed by atoms with Gasteiger partial charge in [-0.1, -0.05) is 36.4 Å². The average molecular weight is 396 g/mol. The van der Waals surface area contributed by atoms with Crippen molar-refractivity contribution in [1.82, 2.24) is 4.90 Å². The number of hydrogen-bond donors (Lipinski definition) is 1. The lowest BCUT2D eigenvalue weighted by molar-refractivity contribution is -0.117. The molecule has 0 aromatic heterocycles. The number of halogens is 3. The SMILES string of the molecule is O=C1CN(C(=O)c2c(F)cccc2F)C(c2ccccc2)c2cc(F)ccc2N1. The van der Waals surface area contributed by atoms with E-state index in [1.165, 1.54) is 18.2 Å². The fraction of sp³-hybridized carbons (Fsp3) is 0.0909. The highest BCUT2D eigenvalue weighted by atomic mass is 19.1. The van der Waals surface area contributed by atoms with Gasteiger partial charge in [-0.25, -0.2) is 13.2 Å². The van der Waals surface area contributed by atoms with Crippen molar-refractivity contribution in [2.45, 2.75) is 6.04 Å². The summed E-state index contributed by atoms with van der Waals surface area (Å²) in [7, 11) is 0. The van der Waals surface area contributed by atoms with Gasteiger partial charge in [0.05, 0.1) is 6.04 Å². The third-order valence-electron chi connectivity index (χ3n) is 4.76. The Morgan fingerprint density at radius 2 is 1.62 bits per heavy atom. The molecule has 4 rings (SSSR count). The molecule has 29 heavy (non-hydrogen) atoms. The van der Waals surface area contributed by atoms with E-state index in [2.05, 4.69) is 5.32 Å². The van der Waals surface area contributed by atoms with Gasteiger partial charge in [0.25, 0.3) is 5.91 Å². The van der Waals surface area contributed by atoms with E-state index in [1.807, 2.05) is 0 Å². The van der Waals surface area contributed by atoms with Crippen LogP contribution >= 0.6 is 0 Å². The van der Waals surface area contributed by atoms with Crippen LogP contribution in [0.5, 0.6) is 0 Å². The standard InChI is InChI=1S/C22H15F3N2O2/c23-14-9-10-18-15(11-14)21(13-5-2-1-3-6-13)27(12-19(28)26-18)22(29)20-16(24)7-4-8-17(20)25/h1-11,21H,12H2,(H,26,28). The van der Waals surface area contributed by atoms with Crippen LogP contribution in [0.15, 0.2) is 66.7 Å². The molecule has 7 heteroatoms. The van der Waals surface area contributed by atoms with Crippen molar-refractivity contribution in [3.63, 3.8) is 0 Å². The Kier molecular flexibility index (Phi) is 4.80. The van der Waals surface area contributed by atoms with Crippen molar-refractivity contribution < 1.29 is 22.8 Å². The molecule has 1 aliphatic heterocycles. The minimum Gasteiger partial charge on any atom is -0.324 e. The Morgan fingerprint density at radius 1 is 0.931 bits per heavy atom. The third-order valence-corrected chi connectivity index (χ3v) is 4.76. The lowest BCUT2D eigenvalue weighted by Crippen LogP contribution is -2.39. The quantitative estimate of drug-likeness (QED) is 0.703. The number of nitrogens with one attached hydrogen (secondary N) is 1. The minimum absolute atomic E-state index is 0.312. The first-order chi connectivity index (χ1) is 14.0. The van der Waals surface area contributed by atoms with Crippen molar-refractivity contribution in [3.05, 3.63) is 101 Å². The van der Waals surface area contributed by atoms with Crippen molar-refractivity contribution in [2.24, 2.45) is 0 Å². The summed E-state index contributed by atoms with van der Waals surface area (Å²) in [4.78, 5) is 26.7. The molecule has 1 N–H and O–H groups in total. The van der Waals surface area contributed by atoms with Gasteiger partial charge in [-0.15, -0.1) is 0 Å². The first kappa shape index (κ1) is 18.7. The largest absolute Gasteiger partial charge is 0.324 e. The monoisotopic (exact) mass is 396 g/mol. The van der Waals surface area contributed by atoms with E-state index in [0.717, 1.165) is 23.1 Å². The van der Waals surface area contributed by atoms with Crippen LogP contribution in [0.2, 0.25) is 0 Å². The van der Waals surface area contributed by atoms with Gasteiger partial charge < -0.3 is 10.2 Å².